The SMILES string of the molecule is CCn1cnnc1C1CN(Cc2nc3ccccc3o2)CCO1. The Bertz CT molecular complexity index is 763. The molecule has 1 saturated heterocycles. The van der Waals surface area contributed by atoms with Crippen molar-refractivity contribution in [3.8, 4) is 0 Å². The summed E-state index contributed by atoms with van der Waals surface area (Å²) in [5.41, 5.74) is 1.73. The van der Waals surface area contributed by atoms with Gasteiger partial charge in [0.15, 0.2) is 11.4 Å². The van der Waals surface area contributed by atoms with Crippen molar-refractivity contribution in [2.24, 2.45) is 0 Å². The smallest absolute Gasteiger partial charge is 0.209 e. The molecular weight excluding hydrogens is 294 g/mol. The number of hydrogen-bond acceptors (Lipinski definition) is 6. The van der Waals surface area contributed by atoms with E-state index >= 15 is 0 Å². The molecular formula is C16H19N5O2. The molecule has 3 aromatic rings. The highest BCUT2D eigenvalue weighted by Gasteiger charge is 2.26. The van der Waals surface area contributed by atoms with Crippen molar-refractivity contribution < 1.29 is 9.15 Å². The van der Waals surface area contributed by atoms with Gasteiger partial charge in [0.1, 0.15) is 17.9 Å². The Labute approximate surface area is 133 Å². The molecule has 23 heavy (non-hydrogen) atoms. The second-order valence-corrected chi connectivity index (χ2v) is 5.65. The highest BCUT2D eigenvalue weighted by Crippen LogP contribution is 2.22. The summed E-state index contributed by atoms with van der Waals surface area (Å²) in [6.07, 6.45) is 1.69. The largest absolute Gasteiger partial charge is 0.439 e. The number of oxazole rings is 1. The van der Waals surface area contributed by atoms with Crippen molar-refractivity contribution in [2.45, 2.75) is 26.1 Å². The summed E-state index contributed by atoms with van der Waals surface area (Å²) in [7, 11) is 0. The van der Waals surface area contributed by atoms with Crippen LogP contribution < -0.4 is 0 Å². The average Bonchev–Trinajstić information content (AvgIpc) is 3.20. The van der Waals surface area contributed by atoms with Gasteiger partial charge in [0.25, 0.3) is 0 Å². The van der Waals surface area contributed by atoms with Crippen LogP contribution in [0.15, 0.2) is 35.0 Å². The maximum atomic E-state index is 5.88. The number of para-hydroxylation sites is 2. The molecule has 0 spiro atoms. The van der Waals surface area contributed by atoms with Crippen LogP contribution in [0.5, 0.6) is 0 Å². The molecule has 0 amide bonds. The second-order valence-electron chi connectivity index (χ2n) is 5.65. The number of rotatable bonds is 4. The highest BCUT2D eigenvalue weighted by molar-refractivity contribution is 5.72. The molecule has 3 heterocycles. The van der Waals surface area contributed by atoms with E-state index in [1.807, 2.05) is 28.8 Å². The van der Waals surface area contributed by atoms with Gasteiger partial charge in [-0.1, -0.05) is 12.1 Å². The summed E-state index contributed by atoms with van der Waals surface area (Å²) < 4.78 is 13.7. The van der Waals surface area contributed by atoms with Crippen LogP contribution in [0.3, 0.4) is 0 Å². The van der Waals surface area contributed by atoms with Gasteiger partial charge in [-0.25, -0.2) is 4.98 Å². The maximum absolute atomic E-state index is 5.88. The Hall–Kier alpha value is -2.25. The first kappa shape index (κ1) is 14.3. The lowest BCUT2D eigenvalue weighted by molar-refractivity contribution is -0.0408. The molecule has 0 radical (unpaired) electrons. The fraction of sp³-hybridized carbons (Fsp3) is 0.438. The van der Waals surface area contributed by atoms with Crippen LogP contribution in [0, 0.1) is 0 Å². The molecule has 1 fully saturated rings. The summed E-state index contributed by atoms with van der Waals surface area (Å²) in [4.78, 5) is 6.83. The molecule has 1 aliphatic rings. The number of benzene rings is 1. The average molecular weight is 313 g/mol. The van der Waals surface area contributed by atoms with Gasteiger partial charge in [-0.05, 0) is 19.1 Å². The van der Waals surface area contributed by atoms with Gasteiger partial charge >= 0.3 is 0 Å². The second kappa shape index (κ2) is 6.10. The van der Waals surface area contributed by atoms with Gasteiger partial charge in [0, 0.05) is 19.6 Å². The van der Waals surface area contributed by atoms with Gasteiger partial charge in [-0.2, -0.15) is 0 Å². The standard InChI is InChI=1S/C16H19N5O2/c1-2-21-11-17-19-16(21)14-9-20(7-8-22-14)10-15-18-12-5-3-4-6-13(12)23-15/h3-6,11,14H,2,7-10H2,1H3. The van der Waals surface area contributed by atoms with Crippen molar-refractivity contribution in [3.63, 3.8) is 0 Å². The zero-order valence-electron chi connectivity index (χ0n) is 13.1. The summed E-state index contributed by atoms with van der Waals surface area (Å²) in [5.74, 6) is 1.62. The Morgan fingerprint density at radius 3 is 3.09 bits per heavy atom. The van der Waals surface area contributed by atoms with E-state index < -0.39 is 0 Å². The number of fused-ring (bicyclic) bond motifs is 1. The Balaban J connectivity index is 1.49. The molecule has 1 atom stereocenters. The minimum absolute atomic E-state index is 0.0596. The number of morpholine rings is 1. The lowest BCUT2D eigenvalue weighted by Crippen LogP contribution is -2.38. The molecule has 0 bridgehead atoms. The molecule has 0 aliphatic carbocycles. The Kier molecular flexibility index (Phi) is 3.80. The van der Waals surface area contributed by atoms with Crippen LogP contribution in [-0.2, 0) is 17.8 Å². The number of aryl methyl sites for hydroxylation is 1. The van der Waals surface area contributed by atoms with Crippen molar-refractivity contribution in [3.05, 3.63) is 42.3 Å². The van der Waals surface area contributed by atoms with Crippen molar-refractivity contribution in [1.82, 2.24) is 24.6 Å². The molecule has 7 heteroatoms. The number of nitrogens with zero attached hydrogens (tertiary/aromatic N) is 5. The fourth-order valence-corrected chi connectivity index (χ4v) is 2.94. The van der Waals surface area contributed by atoms with E-state index in [0.717, 1.165) is 42.4 Å². The normalized spacial score (nSPS) is 19.4. The van der Waals surface area contributed by atoms with Gasteiger partial charge in [0.2, 0.25) is 5.89 Å². The van der Waals surface area contributed by atoms with E-state index in [2.05, 4.69) is 27.0 Å². The van der Waals surface area contributed by atoms with E-state index in [4.69, 9.17) is 9.15 Å². The lowest BCUT2D eigenvalue weighted by atomic mass is 10.2. The highest BCUT2D eigenvalue weighted by atomic mass is 16.5. The van der Waals surface area contributed by atoms with Crippen LogP contribution in [0.4, 0.5) is 0 Å². The van der Waals surface area contributed by atoms with E-state index in [0.29, 0.717) is 13.2 Å². The zero-order valence-corrected chi connectivity index (χ0v) is 13.1. The summed E-state index contributed by atoms with van der Waals surface area (Å²) >= 11 is 0. The van der Waals surface area contributed by atoms with Crippen LogP contribution >= 0.6 is 0 Å². The van der Waals surface area contributed by atoms with Gasteiger partial charge in [0.05, 0.1) is 13.2 Å². The minimum atomic E-state index is -0.0596. The summed E-state index contributed by atoms with van der Waals surface area (Å²) in [6, 6.07) is 7.84. The molecule has 7 nitrogen and oxygen atoms in total. The molecule has 4 rings (SSSR count). The van der Waals surface area contributed by atoms with E-state index in [1.165, 1.54) is 0 Å². The van der Waals surface area contributed by atoms with E-state index in [1.54, 1.807) is 6.33 Å². The van der Waals surface area contributed by atoms with E-state index in [-0.39, 0.29) is 6.10 Å². The van der Waals surface area contributed by atoms with Crippen LogP contribution in [0.1, 0.15) is 24.7 Å². The van der Waals surface area contributed by atoms with Crippen LogP contribution in [-0.4, -0.2) is 44.3 Å². The summed E-state index contributed by atoms with van der Waals surface area (Å²) in [5, 5.41) is 8.20. The molecule has 1 aliphatic heterocycles. The number of hydrogen-bond donors (Lipinski definition) is 0. The Morgan fingerprint density at radius 2 is 2.22 bits per heavy atom. The zero-order chi connectivity index (χ0) is 15.6. The van der Waals surface area contributed by atoms with Crippen molar-refractivity contribution in [1.29, 1.82) is 0 Å². The molecule has 0 saturated carbocycles. The van der Waals surface area contributed by atoms with Crippen molar-refractivity contribution in [2.75, 3.05) is 19.7 Å². The summed E-state index contributed by atoms with van der Waals surface area (Å²) in [6.45, 7) is 5.88. The van der Waals surface area contributed by atoms with Gasteiger partial charge < -0.3 is 13.7 Å². The molecule has 2 aromatic heterocycles. The Morgan fingerprint density at radius 1 is 1.30 bits per heavy atom. The first-order valence-corrected chi connectivity index (χ1v) is 7.89. The predicted octanol–water partition coefficient (Wildman–Crippen LogP) is 2.01. The lowest BCUT2D eigenvalue weighted by Gasteiger charge is -2.31. The third-order valence-electron chi connectivity index (χ3n) is 4.12. The number of ether oxygens (including phenoxy) is 1. The first-order chi connectivity index (χ1) is 11.3. The van der Waals surface area contributed by atoms with Crippen molar-refractivity contribution >= 4 is 11.1 Å². The van der Waals surface area contributed by atoms with E-state index in [9.17, 15) is 0 Å². The molecule has 1 unspecified atom stereocenters. The minimum Gasteiger partial charge on any atom is -0.439 e. The topological polar surface area (TPSA) is 69.2 Å². The fourth-order valence-electron chi connectivity index (χ4n) is 2.94. The number of aromatic nitrogens is 4. The van der Waals surface area contributed by atoms with Crippen LogP contribution in [0.25, 0.3) is 11.1 Å². The molecule has 1 aromatic carbocycles. The monoisotopic (exact) mass is 313 g/mol. The molecule has 120 valence electrons. The predicted molar refractivity (Wildman–Crippen MR) is 83.7 cm³/mol. The van der Waals surface area contributed by atoms with Gasteiger partial charge in [-0.15, -0.1) is 10.2 Å². The maximum Gasteiger partial charge on any atom is 0.209 e. The van der Waals surface area contributed by atoms with Crippen LogP contribution in [0.2, 0.25) is 0 Å². The first-order valence-electron chi connectivity index (χ1n) is 7.89. The third-order valence-corrected chi connectivity index (χ3v) is 4.12. The third kappa shape index (κ3) is 2.85. The quantitative estimate of drug-likeness (QED) is 0.734. The van der Waals surface area contributed by atoms with Gasteiger partial charge in [-0.3, -0.25) is 4.90 Å². The molecule has 0 N–H and O–H groups in total.